The van der Waals surface area contributed by atoms with Crippen LogP contribution in [0.25, 0.3) is 0 Å². The highest BCUT2D eigenvalue weighted by Crippen LogP contribution is 2.39. The van der Waals surface area contributed by atoms with Crippen molar-refractivity contribution in [3.63, 3.8) is 0 Å². The van der Waals surface area contributed by atoms with Crippen molar-refractivity contribution in [2.75, 3.05) is 18.9 Å². The van der Waals surface area contributed by atoms with Crippen LogP contribution in [0.5, 0.6) is 0 Å². The van der Waals surface area contributed by atoms with E-state index in [4.69, 9.17) is 0 Å². The zero-order chi connectivity index (χ0) is 12.7. The molecule has 0 aliphatic rings. The van der Waals surface area contributed by atoms with Crippen LogP contribution in [0.2, 0.25) is 0 Å². The first-order valence-corrected chi connectivity index (χ1v) is 7.63. The van der Waals surface area contributed by atoms with Gasteiger partial charge in [0.2, 0.25) is 7.37 Å². The summed E-state index contributed by atoms with van der Waals surface area (Å²) in [6.07, 6.45) is -0.0806. The first kappa shape index (κ1) is 17.3. The molecule has 0 aliphatic heterocycles. The molecule has 0 radical (unpaired) electrons. The Kier molecular flexibility index (Phi) is 8.12. The number of halogens is 1. The van der Waals surface area contributed by atoms with Crippen LogP contribution < -0.4 is 5.32 Å². The average molecular weight is 292 g/mol. The number of Topliss-reactive ketones (excluding diaryl/α,β-unsaturated/α-hetero) is 1. The third kappa shape index (κ3) is 6.92. The van der Waals surface area contributed by atoms with Crippen molar-refractivity contribution in [2.45, 2.75) is 13.5 Å². The van der Waals surface area contributed by atoms with Crippen molar-refractivity contribution < 1.29 is 14.3 Å². The fourth-order valence-corrected chi connectivity index (χ4v) is 2.27. The summed E-state index contributed by atoms with van der Waals surface area (Å²) in [4.78, 5) is 20.7. The van der Waals surface area contributed by atoms with Gasteiger partial charge in [0.1, 0.15) is 0 Å². The Morgan fingerprint density at radius 3 is 2.50 bits per heavy atom. The maximum absolute atomic E-state index is 11.4. The minimum Gasteiger partial charge on any atom is -0.344 e. The fraction of sp³-hybridized carbons (Fsp3) is 0.417. The lowest BCUT2D eigenvalue weighted by molar-refractivity contribution is -0.116. The summed E-state index contributed by atoms with van der Waals surface area (Å²) in [6, 6.07) is 9.70. The second kappa shape index (κ2) is 8.44. The van der Waals surface area contributed by atoms with Crippen LogP contribution in [-0.4, -0.2) is 29.5 Å². The van der Waals surface area contributed by atoms with E-state index in [1.165, 1.54) is 0 Å². The van der Waals surface area contributed by atoms with Crippen molar-refractivity contribution in [2.24, 2.45) is 0 Å². The predicted molar refractivity (Wildman–Crippen MR) is 75.6 cm³/mol. The lowest BCUT2D eigenvalue weighted by atomic mass is 10.2. The van der Waals surface area contributed by atoms with Crippen LogP contribution in [0, 0.1) is 0 Å². The zero-order valence-corrected chi connectivity index (χ0v) is 12.0. The minimum absolute atomic E-state index is 0. The molecule has 2 N–H and O–H groups in total. The summed E-state index contributed by atoms with van der Waals surface area (Å²) >= 11 is 0. The van der Waals surface area contributed by atoms with Gasteiger partial charge in [-0.05, 0) is 5.56 Å². The number of carbonyl (C=O) groups excluding carboxylic acids is 1. The van der Waals surface area contributed by atoms with Gasteiger partial charge in [-0.15, -0.1) is 12.4 Å². The van der Waals surface area contributed by atoms with E-state index in [1.807, 2.05) is 30.3 Å². The number of hydrogen-bond acceptors (Lipinski definition) is 3. The molecule has 1 rings (SSSR count). The Hall–Kier alpha value is -0.670. The lowest BCUT2D eigenvalue weighted by Gasteiger charge is -2.08. The predicted octanol–water partition coefficient (Wildman–Crippen LogP) is 2.06. The summed E-state index contributed by atoms with van der Waals surface area (Å²) in [5.74, 6) is -0.214. The van der Waals surface area contributed by atoms with Gasteiger partial charge in [0, 0.05) is 12.7 Å². The van der Waals surface area contributed by atoms with Crippen LogP contribution in [0.15, 0.2) is 30.3 Å². The van der Waals surface area contributed by atoms with E-state index in [0.29, 0.717) is 6.54 Å². The minimum atomic E-state index is -3.23. The molecule has 0 saturated carbocycles. The Morgan fingerprint density at radius 2 is 1.94 bits per heavy atom. The second-order valence-electron chi connectivity index (χ2n) is 3.95. The molecule has 0 aliphatic carbocycles. The van der Waals surface area contributed by atoms with Gasteiger partial charge >= 0.3 is 0 Å². The molecule has 1 unspecified atom stereocenters. The zero-order valence-electron chi connectivity index (χ0n) is 10.3. The van der Waals surface area contributed by atoms with E-state index in [2.05, 4.69) is 5.32 Å². The molecule has 1 atom stereocenters. The molecule has 0 bridgehead atoms. The third-order valence-corrected chi connectivity index (χ3v) is 4.25. The van der Waals surface area contributed by atoms with E-state index in [0.717, 1.165) is 5.56 Å². The van der Waals surface area contributed by atoms with Crippen molar-refractivity contribution >= 4 is 25.6 Å². The van der Waals surface area contributed by atoms with Crippen molar-refractivity contribution in [1.82, 2.24) is 5.32 Å². The Labute approximate surface area is 114 Å². The molecular formula is C12H19ClNO3P. The van der Waals surface area contributed by atoms with Gasteiger partial charge in [-0.1, -0.05) is 37.3 Å². The molecule has 1 aromatic rings. The summed E-state index contributed by atoms with van der Waals surface area (Å²) in [6.45, 7) is 2.35. The summed E-state index contributed by atoms with van der Waals surface area (Å²) in [5, 5.41) is 2.97. The van der Waals surface area contributed by atoms with E-state index < -0.39 is 7.37 Å². The lowest BCUT2D eigenvalue weighted by Crippen LogP contribution is -2.25. The normalized spacial score (nSPS) is 13.4. The van der Waals surface area contributed by atoms with E-state index >= 15 is 0 Å². The molecule has 0 aromatic heterocycles. The number of rotatable bonds is 7. The molecule has 0 saturated heterocycles. The topological polar surface area (TPSA) is 66.4 Å². The van der Waals surface area contributed by atoms with Gasteiger partial charge in [0.05, 0.1) is 12.7 Å². The molecule has 0 fully saturated rings. The number of carbonyl (C=O) groups is 1. The van der Waals surface area contributed by atoms with Gasteiger partial charge in [-0.2, -0.15) is 0 Å². The Morgan fingerprint density at radius 1 is 1.33 bits per heavy atom. The first-order chi connectivity index (χ1) is 8.03. The molecule has 6 heteroatoms. The highest BCUT2D eigenvalue weighted by Gasteiger charge is 2.19. The van der Waals surface area contributed by atoms with Crippen LogP contribution in [0.3, 0.4) is 0 Å². The molecule has 18 heavy (non-hydrogen) atoms. The molecule has 1 aromatic carbocycles. The monoisotopic (exact) mass is 291 g/mol. The Balaban J connectivity index is 0.00000289. The first-order valence-electron chi connectivity index (χ1n) is 5.60. The molecule has 4 nitrogen and oxygen atoms in total. The maximum Gasteiger partial charge on any atom is 0.207 e. The molecule has 0 heterocycles. The fourth-order valence-electron chi connectivity index (χ4n) is 1.39. The van der Waals surface area contributed by atoms with Crippen LogP contribution in [0.1, 0.15) is 12.5 Å². The molecule has 102 valence electrons. The average Bonchev–Trinajstić information content (AvgIpc) is 2.30. The van der Waals surface area contributed by atoms with Crippen molar-refractivity contribution in [3.05, 3.63) is 35.9 Å². The summed E-state index contributed by atoms with van der Waals surface area (Å²) < 4.78 is 11.3. The van der Waals surface area contributed by atoms with Gasteiger partial charge in [0.15, 0.2) is 5.78 Å². The quantitative estimate of drug-likeness (QED) is 0.755. The largest absolute Gasteiger partial charge is 0.344 e. The molecule has 0 amide bonds. The van der Waals surface area contributed by atoms with Crippen molar-refractivity contribution in [3.8, 4) is 0 Å². The smallest absolute Gasteiger partial charge is 0.207 e. The van der Waals surface area contributed by atoms with Crippen molar-refractivity contribution in [1.29, 1.82) is 0 Å². The Bertz CT molecular complexity index is 411. The van der Waals surface area contributed by atoms with Crippen LogP contribution in [0.4, 0.5) is 0 Å². The van der Waals surface area contributed by atoms with Gasteiger partial charge < -0.3 is 10.2 Å². The number of benzene rings is 1. The molecular weight excluding hydrogens is 273 g/mol. The maximum atomic E-state index is 11.4. The van der Waals surface area contributed by atoms with Crippen LogP contribution >= 0.6 is 19.8 Å². The van der Waals surface area contributed by atoms with E-state index in [9.17, 15) is 14.3 Å². The second-order valence-corrected chi connectivity index (χ2v) is 6.59. The number of ketones is 1. The van der Waals surface area contributed by atoms with E-state index in [1.54, 1.807) is 6.92 Å². The standard InChI is InChI=1S/C12H18NO3P.ClH/c1-2-17(15,16)10-12(14)9-13-8-11-6-4-3-5-7-11;/h3-7,13H,2,8-10H2,1H3,(H,15,16);1H. The van der Waals surface area contributed by atoms with E-state index in [-0.39, 0.29) is 37.1 Å². The molecule has 0 spiro atoms. The third-order valence-electron chi connectivity index (χ3n) is 2.41. The summed E-state index contributed by atoms with van der Waals surface area (Å²) in [5.41, 5.74) is 1.09. The van der Waals surface area contributed by atoms with Gasteiger partial charge in [-0.25, -0.2) is 0 Å². The number of nitrogens with one attached hydrogen (secondary N) is 1. The van der Waals surface area contributed by atoms with Crippen LogP contribution in [-0.2, 0) is 15.9 Å². The highest BCUT2D eigenvalue weighted by molar-refractivity contribution is 7.58. The number of hydrogen-bond donors (Lipinski definition) is 2. The SMILES string of the molecule is CCP(=O)(O)CC(=O)CNCc1ccccc1.Cl. The summed E-state index contributed by atoms with van der Waals surface area (Å²) in [7, 11) is -3.23. The van der Waals surface area contributed by atoms with Gasteiger partial charge in [-0.3, -0.25) is 9.36 Å². The highest BCUT2D eigenvalue weighted by atomic mass is 35.5. The van der Waals surface area contributed by atoms with Gasteiger partial charge in [0.25, 0.3) is 0 Å².